The molecule has 2 aliphatic heterocycles. The molecular formula is C17H23Cl2N3O. The number of carbonyl (C=O) groups excluding carboxylic acids is 1. The summed E-state index contributed by atoms with van der Waals surface area (Å²) >= 11 is 12.0. The zero-order valence-corrected chi connectivity index (χ0v) is 14.7. The molecule has 1 amide bonds. The fourth-order valence-electron chi connectivity index (χ4n) is 3.29. The molecule has 1 N–H and O–H groups in total. The van der Waals surface area contributed by atoms with Gasteiger partial charge in [-0.15, -0.1) is 0 Å². The summed E-state index contributed by atoms with van der Waals surface area (Å²) in [5.74, 6) is 0.284. The van der Waals surface area contributed by atoms with Crippen LogP contribution in [0.15, 0.2) is 18.2 Å². The van der Waals surface area contributed by atoms with Crippen LogP contribution in [0.25, 0.3) is 0 Å². The van der Waals surface area contributed by atoms with E-state index in [1.165, 1.54) is 5.56 Å². The van der Waals surface area contributed by atoms with E-state index in [0.29, 0.717) is 10.0 Å². The SMILES string of the molecule is O=C(C1CCCN1)N1CCN(CCc2ccc(Cl)c(Cl)c2)CC1. The number of benzene rings is 1. The van der Waals surface area contributed by atoms with E-state index in [2.05, 4.69) is 10.2 Å². The summed E-state index contributed by atoms with van der Waals surface area (Å²) in [4.78, 5) is 16.8. The van der Waals surface area contributed by atoms with Crippen molar-refractivity contribution in [2.45, 2.75) is 25.3 Å². The normalized spacial score (nSPS) is 22.5. The molecule has 1 unspecified atom stereocenters. The molecule has 3 rings (SSSR count). The first-order valence-corrected chi connectivity index (χ1v) is 9.07. The van der Waals surface area contributed by atoms with E-state index < -0.39 is 0 Å². The fraction of sp³-hybridized carbons (Fsp3) is 0.588. The monoisotopic (exact) mass is 355 g/mol. The highest BCUT2D eigenvalue weighted by molar-refractivity contribution is 6.42. The van der Waals surface area contributed by atoms with Crippen LogP contribution >= 0.6 is 23.2 Å². The Kier molecular flexibility index (Phi) is 5.81. The lowest BCUT2D eigenvalue weighted by molar-refractivity contribution is -0.134. The molecule has 126 valence electrons. The van der Waals surface area contributed by atoms with Crippen LogP contribution in [-0.2, 0) is 11.2 Å². The first-order valence-electron chi connectivity index (χ1n) is 8.32. The topological polar surface area (TPSA) is 35.6 Å². The highest BCUT2D eigenvalue weighted by Crippen LogP contribution is 2.23. The second-order valence-corrected chi connectivity index (χ2v) is 7.13. The molecule has 0 bridgehead atoms. The van der Waals surface area contributed by atoms with Crippen LogP contribution in [0.2, 0.25) is 10.0 Å². The van der Waals surface area contributed by atoms with Gasteiger partial charge >= 0.3 is 0 Å². The molecule has 0 radical (unpaired) electrons. The summed E-state index contributed by atoms with van der Waals surface area (Å²) in [6, 6.07) is 5.87. The summed E-state index contributed by atoms with van der Waals surface area (Å²) in [7, 11) is 0. The molecule has 4 nitrogen and oxygen atoms in total. The first-order chi connectivity index (χ1) is 11.1. The van der Waals surface area contributed by atoms with Gasteiger partial charge in [-0.1, -0.05) is 29.3 Å². The molecular weight excluding hydrogens is 333 g/mol. The second kappa shape index (κ2) is 7.84. The van der Waals surface area contributed by atoms with Crippen molar-refractivity contribution in [2.24, 2.45) is 0 Å². The van der Waals surface area contributed by atoms with Crippen LogP contribution in [0.4, 0.5) is 0 Å². The highest BCUT2D eigenvalue weighted by Gasteiger charge is 2.28. The minimum atomic E-state index is 0.0535. The molecule has 0 aromatic heterocycles. The molecule has 1 aromatic rings. The van der Waals surface area contributed by atoms with E-state index >= 15 is 0 Å². The van der Waals surface area contributed by atoms with E-state index in [9.17, 15) is 4.79 Å². The molecule has 23 heavy (non-hydrogen) atoms. The van der Waals surface area contributed by atoms with Crippen molar-refractivity contribution in [1.29, 1.82) is 0 Å². The zero-order chi connectivity index (χ0) is 16.2. The Bertz CT molecular complexity index is 553. The predicted octanol–water partition coefficient (Wildman–Crippen LogP) is 2.43. The van der Waals surface area contributed by atoms with Gasteiger partial charge in [-0.05, 0) is 43.5 Å². The third-order valence-electron chi connectivity index (χ3n) is 4.74. The number of amides is 1. The second-order valence-electron chi connectivity index (χ2n) is 6.31. The van der Waals surface area contributed by atoms with Gasteiger partial charge in [0, 0.05) is 32.7 Å². The molecule has 1 atom stereocenters. The number of rotatable bonds is 4. The van der Waals surface area contributed by atoms with E-state index in [1.54, 1.807) is 0 Å². The van der Waals surface area contributed by atoms with E-state index in [0.717, 1.165) is 58.5 Å². The lowest BCUT2D eigenvalue weighted by Crippen LogP contribution is -2.53. The van der Waals surface area contributed by atoms with Crippen LogP contribution in [-0.4, -0.2) is 61.0 Å². The molecule has 0 aliphatic carbocycles. The molecule has 2 saturated heterocycles. The smallest absolute Gasteiger partial charge is 0.239 e. The third-order valence-corrected chi connectivity index (χ3v) is 5.48. The first kappa shape index (κ1) is 17.0. The zero-order valence-electron chi connectivity index (χ0n) is 13.2. The maximum atomic E-state index is 12.4. The molecule has 0 spiro atoms. The molecule has 6 heteroatoms. The van der Waals surface area contributed by atoms with Crippen molar-refractivity contribution in [1.82, 2.24) is 15.1 Å². The Balaban J connectivity index is 1.43. The Morgan fingerprint density at radius 3 is 2.61 bits per heavy atom. The molecule has 2 heterocycles. The number of hydrogen-bond acceptors (Lipinski definition) is 3. The number of nitrogens with one attached hydrogen (secondary N) is 1. The molecule has 0 saturated carbocycles. The lowest BCUT2D eigenvalue weighted by atomic mass is 10.1. The van der Waals surface area contributed by atoms with Crippen molar-refractivity contribution in [2.75, 3.05) is 39.3 Å². The van der Waals surface area contributed by atoms with E-state index in [4.69, 9.17) is 23.2 Å². The van der Waals surface area contributed by atoms with E-state index in [-0.39, 0.29) is 11.9 Å². The van der Waals surface area contributed by atoms with Crippen molar-refractivity contribution >= 4 is 29.1 Å². The van der Waals surface area contributed by atoms with Gasteiger partial charge in [0.2, 0.25) is 5.91 Å². The van der Waals surface area contributed by atoms with Crippen LogP contribution < -0.4 is 5.32 Å². The Morgan fingerprint density at radius 2 is 1.96 bits per heavy atom. The maximum absolute atomic E-state index is 12.4. The van der Waals surface area contributed by atoms with Crippen molar-refractivity contribution in [3.05, 3.63) is 33.8 Å². The Morgan fingerprint density at radius 1 is 1.17 bits per heavy atom. The minimum Gasteiger partial charge on any atom is -0.339 e. The quantitative estimate of drug-likeness (QED) is 0.900. The average Bonchev–Trinajstić information content (AvgIpc) is 3.10. The fourth-order valence-corrected chi connectivity index (χ4v) is 3.61. The van der Waals surface area contributed by atoms with Gasteiger partial charge in [-0.2, -0.15) is 0 Å². The summed E-state index contributed by atoms with van der Waals surface area (Å²) < 4.78 is 0. The van der Waals surface area contributed by atoms with Gasteiger partial charge in [0.25, 0.3) is 0 Å². The summed E-state index contributed by atoms with van der Waals surface area (Å²) in [5, 5.41) is 4.51. The maximum Gasteiger partial charge on any atom is 0.239 e. The van der Waals surface area contributed by atoms with Gasteiger partial charge in [0.1, 0.15) is 0 Å². The predicted molar refractivity (Wildman–Crippen MR) is 94.2 cm³/mol. The minimum absolute atomic E-state index is 0.0535. The van der Waals surface area contributed by atoms with Crippen LogP contribution in [0.3, 0.4) is 0 Å². The Hall–Kier alpha value is -0.810. The molecule has 2 fully saturated rings. The third kappa shape index (κ3) is 4.38. The van der Waals surface area contributed by atoms with Gasteiger partial charge in [-0.3, -0.25) is 9.69 Å². The van der Waals surface area contributed by atoms with Gasteiger partial charge in [-0.25, -0.2) is 0 Å². The van der Waals surface area contributed by atoms with Crippen molar-refractivity contribution in [3.63, 3.8) is 0 Å². The summed E-state index contributed by atoms with van der Waals surface area (Å²) in [5.41, 5.74) is 1.20. The summed E-state index contributed by atoms with van der Waals surface area (Å²) in [6.07, 6.45) is 3.05. The number of carbonyl (C=O) groups is 1. The van der Waals surface area contributed by atoms with Crippen molar-refractivity contribution in [3.8, 4) is 0 Å². The average molecular weight is 356 g/mol. The van der Waals surface area contributed by atoms with Crippen LogP contribution in [0.5, 0.6) is 0 Å². The largest absolute Gasteiger partial charge is 0.339 e. The standard InChI is InChI=1S/C17H23Cl2N3O/c18-14-4-3-13(12-15(14)19)5-7-21-8-10-22(11-9-21)17(23)16-2-1-6-20-16/h3-4,12,16,20H,1-2,5-11H2. The van der Waals surface area contributed by atoms with Gasteiger partial charge < -0.3 is 10.2 Å². The van der Waals surface area contributed by atoms with Crippen molar-refractivity contribution < 1.29 is 4.79 Å². The summed E-state index contributed by atoms with van der Waals surface area (Å²) in [6.45, 7) is 5.51. The highest BCUT2D eigenvalue weighted by atomic mass is 35.5. The molecule has 1 aromatic carbocycles. The van der Waals surface area contributed by atoms with Gasteiger partial charge in [0.15, 0.2) is 0 Å². The number of nitrogens with zero attached hydrogens (tertiary/aromatic N) is 2. The lowest BCUT2D eigenvalue weighted by Gasteiger charge is -2.36. The number of hydrogen-bond donors (Lipinski definition) is 1. The van der Waals surface area contributed by atoms with Gasteiger partial charge in [0.05, 0.1) is 16.1 Å². The number of halogens is 2. The van der Waals surface area contributed by atoms with Crippen LogP contribution in [0.1, 0.15) is 18.4 Å². The van der Waals surface area contributed by atoms with E-state index in [1.807, 2.05) is 23.1 Å². The number of piperazine rings is 1. The molecule has 2 aliphatic rings. The Labute approximate surface area is 147 Å². The van der Waals surface area contributed by atoms with Crippen LogP contribution in [0, 0.1) is 0 Å².